The van der Waals surface area contributed by atoms with Crippen LogP contribution < -0.4 is 0 Å². The number of hydrogen-bond acceptors (Lipinski definition) is 4. The Hall–Kier alpha value is -1.29. The molecule has 1 rings (SSSR count). The molecule has 0 spiro atoms. The minimum atomic E-state index is -0.267. The maximum absolute atomic E-state index is 11.2. The van der Waals surface area contributed by atoms with E-state index in [1.807, 2.05) is 6.07 Å². The average molecular weight is 224 g/mol. The number of thioether (sulfide) groups is 1. The summed E-state index contributed by atoms with van der Waals surface area (Å²) in [5, 5.41) is -0.267. The topological polar surface area (TPSA) is 43.4 Å². The molecule has 80 valence electrons. The summed E-state index contributed by atoms with van der Waals surface area (Å²) in [6.45, 7) is 1.77. The lowest BCUT2D eigenvalue weighted by Gasteiger charge is -2.08. The second-order valence-corrected chi connectivity index (χ2v) is 4.39. The van der Waals surface area contributed by atoms with Gasteiger partial charge >= 0.3 is 5.97 Å². The van der Waals surface area contributed by atoms with Gasteiger partial charge in [0.1, 0.15) is 11.5 Å². The van der Waals surface area contributed by atoms with Gasteiger partial charge in [-0.05, 0) is 19.1 Å². The van der Waals surface area contributed by atoms with E-state index < -0.39 is 0 Å². The lowest BCUT2D eigenvalue weighted by Crippen LogP contribution is -2.14. The molecule has 0 aliphatic heterocycles. The molecule has 0 amide bonds. The molecule has 1 aromatic carbocycles. The number of rotatable bonds is 4. The summed E-state index contributed by atoms with van der Waals surface area (Å²) in [6, 6.07) is 7.12. The largest absolute Gasteiger partial charge is 0.468 e. The first-order valence-corrected chi connectivity index (χ1v) is 5.35. The van der Waals surface area contributed by atoms with Gasteiger partial charge in [0.15, 0.2) is 0 Å². The van der Waals surface area contributed by atoms with Gasteiger partial charge in [0.05, 0.1) is 7.11 Å². The monoisotopic (exact) mass is 224 g/mol. The van der Waals surface area contributed by atoms with E-state index in [4.69, 9.17) is 0 Å². The Labute approximate surface area is 92.8 Å². The first-order chi connectivity index (χ1) is 7.17. The van der Waals surface area contributed by atoms with Gasteiger partial charge in [0.25, 0.3) is 0 Å². The third-order valence-electron chi connectivity index (χ3n) is 1.84. The van der Waals surface area contributed by atoms with Gasteiger partial charge in [-0.2, -0.15) is 0 Å². The van der Waals surface area contributed by atoms with Gasteiger partial charge in [-0.3, -0.25) is 9.59 Å². The van der Waals surface area contributed by atoms with Crippen LogP contribution in [0.1, 0.15) is 17.3 Å². The van der Waals surface area contributed by atoms with E-state index in [1.54, 1.807) is 25.1 Å². The first kappa shape index (κ1) is 11.8. The minimum absolute atomic E-state index is 0.267. The molecular formula is C11H12O3S. The van der Waals surface area contributed by atoms with Crippen LogP contribution >= 0.6 is 11.8 Å². The van der Waals surface area contributed by atoms with Gasteiger partial charge in [-0.15, -0.1) is 11.8 Å². The van der Waals surface area contributed by atoms with Crippen LogP contribution in [0.4, 0.5) is 0 Å². The number of methoxy groups -OCH3 is 1. The maximum atomic E-state index is 11.2. The molecule has 3 nitrogen and oxygen atoms in total. The van der Waals surface area contributed by atoms with Crippen LogP contribution in [0.3, 0.4) is 0 Å². The number of hydrogen-bond donors (Lipinski definition) is 0. The van der Waals surface area contributed by atoms with Crippen molar-refractivity contribution in [1.29, 1.82) is 0 Å². The third kappa shape index (κ3) is 3.40. The van der Waals surface area contributed by atoms with Crippen LogP contribution in [0.5, 0.6) is 0 Å². The van der Waals surface area contributed by atoms with Crippen molar-refractivity contribution in [3.05, 3.63) is 29.8 Å². The molecule has 0 bridgehead atoms. The Morgan fingerprint density at radius 2 is 2.27 bits per heavy atom. The molecular weight excluding hydrogens is 212 g/mol. The van der Waals surface area contributed by atoms with E-state index in [9.17, 15) is 9.59 Å². The molecule has 1 atom stereocenters. The van der Waals surface area contributed by atoms with E-state index >= 15 is 0 Å². The summed E-state index contributed by atoms with van der Waals surface area (Å²) in [5.41, 5.74) is 0.608. The quantitative estimate of drug-likeness (QED) is 0.446. The van der Waals surface area contributed by atoms with Gasteiger partial charge in [-0.25, -0.2) is 0 Å². The molecule has 0 aromatic heterocycles. The molecule has 0 fully saturated rings. The molecule has 1 unspecified atom stereocenters. The van der Waals surface area contributed by atoms with E-state index in [0.29, 0.717) is 5.56 Å². The SMILES string of the molecule is COC(=O)C(C)Sc1cccc(C=O)c1. The second-order valence-electron chi connectivity index (χ2n) is 2.97. The molecule has 0 heterocycles. The number of carbonyl (C=O) groups excluding carboxylic acids is 2. The van der Waals surface area contributed by atoms with Crippen LogP contribution in [-0.2, 0) is 9.53 Å². The average Bonchev–Trinajstić information content (AvgIpc) is 2.28. The Morgan fingerprint density at radius 3 is 2.87 bits per heavy atom. The molecule has 4 heteroatoms. The number of esters is 1. The fourth-order valence-electron chi connectivity index (χ4n) is 1.08. The van der Waals surface area contributed by atoms with Crippen LogP contribution in [-0.4, -0.2) is 24.6 Å². The second kappa shape index (κ2) is 5.56. The van der Waals surface area contributed by atoms with Crippen LogP contribution in [0.2, 0.25) is 0 Å². The highest BCUT2D eigenvalue weighted by Crippen LogP contribution is 2.24. The zero-order valence-corrected chi connectivity index (χ0v) is 9.41. The van der Waals surface area contributed by atoms with Crippen molar-refractivity contribution < 1.29 is 14.3 Å². The van der Waals surface area contributed by atoms with Gasteiger partial charge in [-0.1, -0.05) is 12.1 Å². The maximum Gasteiger partial charge on any atom is 0.318 e. The van der Waals surface area contributed by atoms with Crippen molar-refractivity contribution in [2.45, 2.75) is 17.1 Å². The van der Waals surface area contributed by atoms with Crippen LogP contribution in [0.15, 0.2) is 29.2 Å². The van der Waals surface area contributed by atoms with E-state index in [-0.39, 0.29) is 11.2 Å². The third-order valence-corrected chi connectivity index (χ3v) is 2.91. The van der Waals surface area contributed by atoms with Crippen molar-refractivity contribution >= 4 is 24.0 Å². The highest BCUT2D eigenvalue weighted by molar-refractivity contribution is 8.00. The fraction of sp³-hybridized carbons (Fsp3) is 0.273. The van der Waals surface area contributed by atoms with Crippen molar-refractivity contribution in [2.24, 2.45) is 0 Å². The summed E-state index contributed by atoms with van der Waals surface area (Å²) in [7, 11) is 1.36. The van der Waals surface area contributed by atoms with Crippen LogP contribution in [0, 0.1) is 0 Å². The smallest absolute Gasteiger partial charge is 0.318 e. The number of benzene rings is 1. The highest BCUT2D eigenvalue weighted by Gasteiger charge is 2.14. The predicted octanol–water partition coefficient (Wildman–Crippen LogP) is 2.15. The zero-order chi connectivity index (χ0) is 11.3. The molecule has 15 heavy (non-hydrogen) atoms. The van der Waals surface area contributed by atoms with Gasteiger partial charge in [0, 0.05) is 10.5 Å². The molecule has 0 saturated heterocycles. The van der Waals surface area contributed by atoms with Crippen molar-refractivity contribution in [3.63, 3.8) is 0 Å². The number of carbonyl (C=O) groups is 2. The molecule has 0 aliphatic carbocycles. The lowest BCUT2D eigenvalue weighted by atomic mass is 10.2. The van der Waals surface area contributed by atoms with E-state index in [0.717, 1.165) is 11.2 Å². The minimum Gasteiger partial charge on any atom is -0.468 e. The van der Waals surface area contributed by atoms with E-state index in [2.05, 4.69) is 4.74 Å². The molecule has 0 N–H and O–H groups in total. The highest BCUT2D eigenvalue weighted by atomic mass is 32.2. The summed E-state index contributed by atoms with van der Waals surface area (Å²) >= 11 is 1.37. The summed E-state index contributed by atoms with van der Waals surface area (Å²) in [6.07, 6.45) is 0.785. The first-order valence-electron chi connectivity index (χ1n) is 4.47. The predicted molar refractivity (Wildman–Crippen MR) is 59.2 cm³/mol. The lowest BCUT2D eigenvalue weighted by molar-refractivity contribution is -0.139. The Kier molecular flexibility index (Phi) is 4.37. The Balaban J connectivity index is 2.71. The van der Waals surface area contributed by atoms with Crippen molar-refractivity contribution in [2.75, 3.05) is 7.11 Å². The van der Waals surface area contributed by atoms with Gasteiger partial charge in [0.2, 0.25) is 0 Å². The Morgan fingerprint density at radius 1 is 1.53 bits per heavy atom. The Bertz CT molecular complexity index is 363. The molecule has 0 aliphatic rings. The number of ether oxygens (including phenoxy) is 1. The zero-order valence-electron chi connectivity index (χ0n) is 8.60. The van der Waals surface area contributed by atoms with E-state index in [1.165, 1.54) is 18.9 Å². The molecule has 0 saturated carbocycles. The fourth-order valence-corrected chi connectivity index (χ4v) is 2.04. The standard InChI is InChI=1S/C11H12O3S/c1-8(11(13)14-2)15-10-5-3-4-9(6-10)7-12/h3-8H,1-2H3. The van der Waals surface area contributed by atoms with Crippen molar-refractivity contribution in [3.8, 4) is 0 Å². The number of aldehydes is 1. The summed E-state index contributed by atoms with van der Waals surface area (Å²) in [4.78, 5) is 22.6. The van der Waals surface area contributed by atoms with Crippen molar-refractivity contribution in [1.82, 2.24) is 0 Å². The van der Waals surface area contributed by atoms with Gasteiger partial charge < -0.3 is 4.74 Å². The summed E-state index contributed by atoms with van der Waals surface area (Å²) in [5.74, 6) is -0.267. The van der Waals surface area contributed by atoms with Crippen LogP contribution in [0.25, 0.3) is 0 Å². The normalized spacial score (nSPS) is 11.9. The molecule has 0 radical (unpaired) electrons. The molecule has 1 aromatic rings. The summed E-state index contributed by atoms with van der Waals surface area (Å²) < 4.78 is 4.61.